The van der Waals surface area contributed by atoms with E-state index in [9.17, 15) is 4.79 Å². The van der Waals surface area contributed by atoms with Crippen LogP contribution in [0.3, 0.4) is 0 Å². The summed E-state index contributed by atoms with van der Waals surface area (Å²) in [6, 6.07) is 0.388. The molecule has 0 atom stereocenters. The normalized spacial score (nSPS) is 15.5. The number of imidazole rings is 1. The van der Waals surface area contributed by atoms with Crippen LogP contribution in [-0.2, 0) is 4.74 Å². The van der Waals surface area contributed by atoms with Gasteiger partial charge in [-0.15, -0.1) is 0 Å². The molecular weight excluding hydrogens is 182 g/mol. The van der Waals surface area contributed by atoms with E-state index < -0.39 is 0 Å². The molecule has 1 aromatic heterocycles. The van der Waals surface area contributed by atoms with Gasteiger partial charge in [0.25, 0.3) is 0 Å². The summed E-state index contributed by atoms with van der Waals surface area (Å²) in [5.41, 5.74) is 6.00. The highest BCUT2D eigenvalue weighted by Gasteiger charge is 2.29. The Labute approximate surface area is 81.9 Å². The third-order valence-corrected chi connectivity index (χ3v) is 2.23. The van der Waals surface area contributed by atoms with Gasteiger partial charge < -0.3 is 15.0 Å². The molecule has 76 valence electrons. The molecule has 1 aliphatic rings. The maximum absolute atomic E-state index is 11.5. The number of hydrogen-bond acceptors (Lipinski definition) is 4. The average Bonchev–Trinajstić information content (AvgIpc) is 2.90. The van der Waals surface area contributed by atoms with Crippen molar-refractivity contribution < 1.29 is 9.53 Å². The molecule has 0 saturated heterocycles. The van der Waals surface area contributed by atoms with Crippen LogP contribution in [-0.4, -0.2) is 22.1 Å². The number of carbonyl (C=O) groups excluding carboxylic acids is 1. The standard InChI is InChI=1S/C9H13N3O2/c1-2-14-9(13)7-8(10)11-5-12(7)6-3-4-6/h5-6H,2-4,10H2,1H3. The maximum atomic E-state index is 11.5. The number of hydrogen-bond donors (Lipinski definition) is 1. The number of esters is 1. The van der Waals surface area contributed by atoms with Gasteiger partial charge in [-0.25, -0.2) is 9.78 Å². The summed E-state index contributed by atoms with van der Waals surface area (Å²) in [6.07, 6.45) is 3.78. The van der Waals surface area contributed by atoms with Gasteiger partial charge in [-0.2, -0.15) is 0 Å². The second-order valence-corrected chi connectivity index (χ2v) is 3.34. The lowest BCUT2D eigenvalue weighted by atomic mass is 10.4. The van der Waals surface area contributed by atoms with Gasteiger partial charge in [-0.05, 0) is 19.8 Å². The summed E-state index contributed by atoms with van der Waals surface area (Å²) in [5, 5.41) is 0. The number of nitrogens with zero attached hydrogens (tertiary/aromatic N) is 2. The molecular formula is C9H13N3O2. The van der Waals surface area contributed by atoms with Gasteiger partial charge in [-0.1, -0.05) is 0 Å². The lowest BCUT2D eigenvalue weighted by Gasteiger charge is -2.05. The Morgan fingerprint density at radius 3 is 3.07 bits per heavy atom. The van der Waals surface area contributed by atoms with Crippen LogP contribution in [0.15, 0.2) is 6.33 Å². The lowest BCUT2D eigenvalue weighted by Crippen LogP contribution is -2.13. The molecule has 1 aromatic rings. The average molecular weight is 195 g/mol. The third-order valence-electron chi connectivity index (χ3n) is 2.23. The highest BCUT2D eigenvalue weighted by Crippen LogP contribution is 2.36. The lowest BCUT2D eigenvalue weighted by molar-refractivity contribution is 0.0515. The number of aromatic nitrogens is 2. The number of nitrogens with two attached hydrogens (primary N) is 1. The topological polar surface area (TPSA) is 70.1 Å². The molecule has 0 aliphatic heterocycles. The van der Waals surface area contributed by atoms with Crippen molar-refractivity contribution in [3.8, 4) is 0 Å². The zero-order valence-corrected chi connectivity index (χ0v) is 8.06. The summed E-state index contributed by atoms with van der Waals surface area (Å²) in [7, 11) is 0. The van der Waals surface area contributed by atoms with E-state index >= 15 is 0 Å². The highest BCUT2D eigenvalue weighted by molar-refractivity contribution is 5.92. The maximum Gasteiger partial charge on any atom is 0.358 e. The number of anilines is 1. The predicted molar refractivity (Wildman–Crippen MR) is 50.9 cm³/mol. The van der Waals surface area contributed by atoms with Crippen LogP contribution in [0.2, 0.25) is 0 Å². The van der Waals surface area contributed by atoms with E-state index in [4.69, 9.17) is 10.5 Å². The van der Waals surface area contributed by atoms with E-state index in [0.29, 0.717) is 18.3 Å². The van der Waals surface area contributed by atoms with Crippen LogP contribution < -0.4 is 5.73 Å². The molecule has 0 unspecified atom stereocenters. The van der Waals surface area contributed by atoms with Crippen molar-refractivity contribution in [2.24, 2.45) is 0 Å². The third kappa shape index (κ3) is 1.45. The summed E-state index contributed by atoms with van der Waals surface area (Å²) in [4.78, 5) is 15.4. The Hall–Kier alpha value is -1.52. The number of nitrogen functional groups attached to an aromatic ring is 1. The largest absolute Gasteiger partial charge is 0.461 e. The number of rotatable bonds is 3. The van der Waals surface area contributed by atoms with Gasteiger partial charge >= 0.3 is 5.97 Å². The van der Waals surface area contributed by atoms with E-state index in [2.05, 4.69) is 4.98 Å². The predicted octanol–water partition coefficient (Wildman–Crippen LogP) is 0.977. The van der Waals surface area contributed by atoms with Crippen LogP contribution in [0.5, 0.6) is 0 Å². The van der Waals surface area contributed by atoms with E-state index in [1.807, 2.05) is 4.57 Å². The Balaban J connectivity index is 2.29. The molecule has 2 rings (SSSR count). The molecule has 0 amide bonds. The van der Waals surface area contributed by atoms with Crippen LogP contribution in [0.4, 0.5) is 5.82 Å². The molecule has 14 heavy (non-hydrogen) atoms. The fourth-order valence-corrected chi connectivity index (χ4v) is 1.41. The monoisotopic (exact) mass is 195 g/mol. The zero-order chi connectivity index (χ0) is 10.1. The van der Waals surface area contributed by atoms with E-state index in [-0.39, 0.29) is 11.8 Å². The molecule has 5 nitrogen and oxygen atoms in total. The summed E-state index contributed by atoms with van der Waals surface area (Å²) < 4.78 is 6.72. The molecule has 1 saturated carbocycles. The van der Waals surface area contributed by atoms with Crippen molar-refractivity contribution in [3.63, 3.8) is 0 Å². The van der Waals surface area contributed by atoms with Gasteiger partial charge in [0, 0.05) is 6.04 Å². The van der Waals surface area contributed by atoms with Gasteiger partial charge in [0.1, 0.15) is 0 Å². The number of carbonyl (C=O) groups is 1. The highest BCUT2D eigenvalue weighted by atomic mass is 16.5. The van der Waals surface area contributed by atoms with Crippen molar-refractivity contribution in [1.29, 1.82) is 0 Å². The second kappa shape index (κ2) is 3.32. The Bertz CT molecular complexity index is 355. The first-order valence-corrected chi connectivity index (χ1v) is 4.73. The zero-order valence-electron chi connectivity index (χ0n) is 8.06. The first-order chi connectivity index (χ1) is 6.74. The van der Waals surface area contributed by atoms with Crippen molar-refractivity contribution in [2.45, 2.75) is 25.8 Å². The summed E-state index contributed by atoms with van der Waals surface area (Å²) in [5.74, 6) is -0.121. The SMILES string of the molecule is CCOC(=O)c1c(N)ncn1C1CC1. The summed E-state index contributed by atoms with van der Waals surface area (Å²) in [6.45, 7) is 2.13. The molecule has 0 aromatic carbocycles. The minimum absolute atomic E-state index is 0.260. The molecule has 1 fully saturated rings. The number of ether oxygens (including phenoxy) is 1. The quantitative estimate of drug-likeness (QED) is 0.730. The molecule has 2 N–H and O–H groups in total. The smallest absolute Gasteiger partial charge is 0.358 e. The molecule has 1 aliphatic carbocycles. The van der Waals surface area contributed by atoms with Crippen molar-refractivity contribution in [1.82, 2.24) is 9.55 Å². The molecule has 0 spiro atoms. The van der Waals surface area contributed by atoms with Crippen molar-refractivity contribution in [2.75, 3.05) is 12.3 Å². The fraction of sp³-hybridized carbons (Fsp3) is 0.556. The second-order valence-electron chi connectivity index (χ2n) is 3.34. The van der Waals surface area contributed by atoms with Crippen LogP contribution in [0.1, 0.15) is 36.3 Å². The van der Waals surface area contributed by atoms with Gasteiger partial charge in [-0.3, -0.25) is 0 Å². The van der Waals surface area contributed by atoms with Crippen LogP contribution in [0.25, 0.3) is 0 Å². The van der Waals surface area contributed by atoms with Crippen LogP contribution in [0, 0.1) is 0 Å². The molecule has 0 radical (unpaired) electrons. The van der Waals surface area contributed by atoms with Crippen molar-refractivity contribution in [3.05, 3.63) is 12.0 Å². The molecule has 5 heteroatoms. The first-order valence-electron chi connectivity index (χ1n) is 4.73. The van der Waals surface area contributed by atoms with Gasteiger partial charge in [0.2, 0.25) is 0 Å². The Kier molecular flexibility index (Phi) is 2.15. The van der Waals surface area contributed by atoms with E-state index in [1.165, 1.54) is 0 Å². The fourth-order valence-electron chi connectivity index (χ4n) is 1.41. The van der Waals surface area contributed by atoms with Crippen LogP contribution >= 0.6 is 0 Å². The Morgan fingerprint density at radius 2 is 2.50 bits per heavy atom. The van der Waals surface area contributed by atoms with E-state index in [0.717, 1.165) is 12.8 Å². The van der Waals surface area contributed by atoms with E-state index in [1.54, 1.807) is 13.3 Å². The van der Waals surface area contributed by atoms with Gasteiger partial charge in [0.05, 0.1) is 12.9 Å². The first kappa shape index (κ1) is 9.05. The molecule has 1 heterocycles. The molecule has 0 bridgehead atoms. The summed E-state index contributed by atoms with van der Waals surface area (Å²) >= 11 is 0. The minimum atomic E-state index is -0.380. The minimum Gasteiger partial charge on any atom is -0.461 e. The Morgan fingerprint density at radius 1 is 1.79 bits per heavy atom. The van der Waals surface area contributed by atoms with Gasteiger partial charge in [0.15, 0.2) is 11.5 Å². The van der Waals surface area contributed by atoms with Crippen molar-refractivity contribution >= 4 is 11.8 Å².